The van der Waals surface area contributed by atoms with Gasteiger partial charge in [0.1, 0.15) is 0 Å². The Kier molecular flexibility index (Phi) is 6.28. The van der Waals surface area contributed by atoms with Crippen LogP contribution in [-0.4, -0.2) is 22.2 Å². The molecule has 0 amide bonds. The van der Waals surface area contributed by atoms with Gasteiger partial charge in [-0.15, -0.1) is 0 Å². The molecule has 0 spiro atoms. The molecule has 0 aliphatic rings. The van der Waals surface area contributed by atoms with E-state index < -0.39 is 11.9 Å². The van der Waals surface area contributed by atoms with Gasteiger partial charge in [-0.2, -0.15) is 0 Å². The Morgan fingerprint density at radius 2 is 1.81 bits per heavy atom. The topological polar surface area (TPSA) is 74.6 Å². The number of aliphatic carboxylic acids is 1. The molecule has 2 N–H and O–H groups in total. The van der Waals surface area contributed by atoms with Crippen molar-refractivity contribution in [1.82, 2.24) is 0 Å². The minimum Gasteiger partial charge on any atom is -0.478 e. The second-order valence-electron chi connectivity index (χ2n) is 2.60. The van der Waals surface area contributed by atoms with Crippen molar-refractivity contribution in [3.8, 4) is 0 Å². The molecule has 86 valence electrons. The van der Waals surface area contributed by atoms with Gasteiger partial charge in [-0.05, 0) is 23.8 Å². The summed E-state index contributed by atoms with van der Waals surface area (Å²) in [6, 6.07) is 6.04. The molecule has 4 heteroatoms. The molecule has 4 nitrogen and oxygen atoms in total. The van der Waals surface area contributed by atoms with Crippen LogP contribution in [0, 0.1) is 0 Å². The van der Waals surface area contributed by atoms with Gasteiger partial charge >= 0.3 is 11.9 Å². The number of benzene rings is 1. The largest absolute Gasteiger partial charge is 0.478 e. The summed E-state index contributed by atoms with van der Waals surface area (Å²) in [7, 11) is 0. The molecule has 0 unspecified atom stereocenters. The summed E-state index contributed by atoms with van der Waals surface area (Å²) in [5.41, 5.74) is 0.685. The van der Waals surface area contributed by atoms with Crippen LogP contribution < -0.4 is 0 Å². The van der Waals surface area contributed by atoms with Crippen molar-refractivity contribution in [3.05, 3.63) is 41.5 Å². The van der Waals surface area contributed by atoms with E-state index >= 15 is 0 Å². The molecule has 0 bridgehead atoms. The second-order valence-corrected chi connectivity index (χ2v) is 2.60. The highest BCUT2D eigenvalue weighted by Gasteiger charge is 2.01. The molecule has 0 fully saturated rings. The third-order valence-electron chi connectivity index (χ3n) is 1.55. The van der Waals surface area contributed by atoms with Crippen LogP contribution >= 0.6 is 0 Å². The fourth-order valence-corrected chi connectivity index (χ4v) is 0.943. The number of rotatable bonds is 3. The smallest absolute Gasteiger partial charge is 0.335 e. The Balaban J connectivity index is 0.00000106. The average Bonchev–Trinajstić information content (AvgIpc) is 2.29. The molecule has 1 aromatic rings. The van der Waals surface area contributed by atoms with Crippen LogP contribution in [0.2, 0.25) is 0 Å². The molecule has 0 radical (unpaired) electrons. The Hall–Kier alpha value is -2.10. The van der Waals surface area contributed by atoms with E-state index in [9.17, 15) is 9.59 Å². The van der Waals surface area contributed by atoms with Crippen molar-refractivity contribution in [2.24, 2.45) is 0 Å². The predicted octanol–water partition coefficient (Wildman–Crippen LogP) is 2.51. The summed E-state index contributed by atoms with van der Waals surface area (Å²) < 4.78 is 0. The molecule has 16 heavy (non-hydrogen) atoms. The van der Waals surface area contributed by atoms with Gasteiger partial charge in [0.15, 0.2) is 0 Å². The van der Waals surface area contributed by atoms with Gasteiger partial charge in [0.2, 0.25) is 0 Å². The highest BCUT2D eigenvalue weighted by molar-refractivity contribution is 5.89. The number of carboxylic acids is 2. The van der Waals surface area contributed by atoms with Gasteiger partial charge in [0.25, 0.3) is 0 Å². The number of carbonyl (C=O) groups is 2. The van der Waals surface area contributed by atoms with Crippen molar-refractivity contribution in [3.63, 3.8) is 0 Å². The standard InChI is InChI=1S/C10H8O4.C2H6/c11-9(12)5-4-7-2-1-3-8(6-7)10(13)14;1-2/h1-6H,(H,11,12)(H,13,14);1-2H3/b5-4+;. The van der Waals surface area contributed by atoms with Crippen LogP contribution in [0.15, 0.2) is 30.3 Å². The second kappa shape index (κ2) is 7.23. The summed E-state index contributed by atoms with van der Waals surface area (Å²) in [4.78, 5) is 20.7. The van der Waals surface area contributed by atoms with Crippen LogP contribution in [0.25, 0.3) is 6.08 Å². The predicted molar refractivity (Wildman–Crippen MR) is 61.4 cm³/mol. The van der Waals surface area contributed by atoms with Gasteiger partial charge in [0.05, 0.1) is 5.56 Å². The third kappa shape index (κ3) is 4.95. The summed E-state index contributed by atoms with van der Waals surface area (Å²) in [6.45, 7) is 4.00. The average molecular weight is 222 g/mol. The molecule has 0 atom stereocenters. The lowest BCUT2D eigenvalue weighted by Crippen LogP contribution is -1.95. The fraction of sp³-hybridized carbons (Fsp3) is 0.167. The highest BCUT2D eigenvalue weighted by Crippen LogP contribution is 2.06. The maximum absolute atomic E-state index is 10.6. The van der Waals surface area contributed by atoms with E-state index in [1.807, 2.05) is 13.8 Å². The molecule has 0 aromatic heterocycles. The van der Waals surface area contributed by atoms with Gasteiger partial charge in [-0.3, -0.25) is 0 Å². The molecule has 0 saturated carbocycles. The van der Waals surface area contributed by atoms with Gasteiger partial charge in [-0.1, -0.05) is 26.0 Å². The monoisotopic (exact) mass is 222 g/mol. The molecule has 0 heterocycles. The van der Waals surface area contributed by atoms with Crippen LogP contribution in [-0.2, 0) is 4.79 Å². The molecule has 0 aliphatic carbocycles. The quantitative estimate of drug-likeness (QED) is 0.770. The van der Waals surface area contributed by atoms with E-state index in [2.05, 4.69) is 0 Å². The molecule has 1 rings (SSSR count). The minimum absolute atomic E-state index is 0.137. The van der Waals surface area contributed by atoms with Crippen molar-refractivity contribution in [2.75, 3.05) is 0 Å². The third-order valence-corrected chi connectivity index (χ3v) is 1.55. The van der Waals surface area contributed by atoms with Crippen molar-refractivity contribution in [2.45, 2.75) is 13.8 Å². The summed E-state index contributed by atoms with van der Waals surface area (Å²) in [6.07, 6.45) is 2.30. The van der Waals surface area contributed by atoms with Crippen molar-refractivity contribution in [1.29, 1.82) is 0 Å². The first-order valence-corrected chi connectivity index (χ1v) is 4.84. The zero-order chi connectivity index (χ0) is 12.6. The first kappa shape index (κ1) is 13.9. The number of hydrogen-bond donors (Lipinski definition) is 2. The van der Waals surface area contributed by atoms with Gasteiger partial charge in [0, 0.05) is 6.08 Å². The Morgan fingerprint density at radius 3 is 2.31 bits per heavy atom. The lowest BCUT2D eigenvalue weighted by atomic mass is 10.1. The van der Waals surface area contributed by atoms with Crippen LogP contribution in [0.3, 0.4) is 0 Å². The summed E-state index contributed by atoms with van der Waals surface area (Å²) in [5, 5.41) is 17.0. The Bertz CT molecular complexity index is 394. The van der Waals surface area contributed by atoms with E-state index in [-0.39, 0.29) is 5.56 Å². The lowest BCUT2D eigenvalue weighted by molar-refractivity contribution is -0.131. The maximum Gasteiger partial charge on any atom is 0.335 e. The molecular weight excluding hydrogens is 208 g/mol. The number of aromatic carboxylic acids is 1. The number of carboxylic acid groups (broad SMARTS) is 2. The zero-order valence-corrected chi connectivity index (χ0v) is 9.18. The van der Waals surface area contributed by atoms with Gasteiger partial charge < -0.3 is 10.2 Å². The van der Waals surface area contributed by atoms with Gasteiger partial charge in [-0.25, -0.2) is 9.59 Å². The Labute approximate surface area is 93.8 Å². The molecule has 0 saturated heterocycles. The maximum atomic E-state index is 10.6. The molecule has 0 aliphatic heterocycles. The fourth-order valence-electron chi connectivity index (χ4n) is 0.943. The van der Waals surface area contributed by atoms with E-state index in [4.69, 9.17) is 10.2 Å². The van der Waals surface area contributed by atoms with Crippen LogP contribution in [0.5, 0.6) is 0 Å². The SMILES string of the molecule is CC.O=C(O)/C=C/c1cccc(C(=O)O)c1. The normalized spacial score (nSPS) is 9.38. The zero-order valence-electron chi connectivity index (χ0n) is 9.18. The van der Waals surface area contributed by atoms with Crippen LogP contribution in [0.1, 0.15) is 29.8 Å². The first-order chi connectivity index (χ1) is 7.59. The first-order valence-electron chi connectivity index (χ1n) is 4.84. The van der Waals surface area contributed by atoms with Crippen LogP contribution in [0.4, 0.5) is 0 Å². The summed E-state index contributed by atoms with van der Waals surface area (Å²) in [5.74, 6) is -2.10. The van der Waals surface area contributed by atoms with E-state index in [0.29, 0.717) is 5.56 Å². The minimum atomic E-state index is -1.06. The van der Waals surface area contributed by atoms with Crippen molar-refractivity contribution < 1.29 is 19.8 Å². The number of hydrogen-bond acceptors (Lipinski definition) is 2. The molecular formula is C12H14O4. The highest BCUT2D eigenvalue weighted by atomic mass is 16.4. The van der Waals surface area contributed by atoms with Crippen molar-refractivity contribution >= 4 is 18.0 Å². The summed E-state index contributed by atoms with van der Waals surface area (Å²) >= 11 is 0. The van der Waals surface area contributed by atoms with E-state index in [1.165, 1.54) is 18.2 Å². The lowest BCUT2D eigenvalue weighted by Gasteiger charge is -1.95. The van der Waals surface area contributed by atoms with E-state index in [1.54, 1.807) is 12.1 Å². The Morgan fingerprint density at radius 1 is 1.19 bits per heavy atom. The molecule has 1 aromatic carbocycles. The van der Waals surface area contributed by atoms with E-state index in [0.717, 1.165) is 6.08 Å².